The van der Waals surface area contributed by atoms with E-state index < -0.39 is 10.9 Å². The SMILES string of the molecule is CCCCn1nc(C)c(C(=O)c2ccc([N+](=O)[O-])c(C(C)=C(C)C)c2C)c1OC(=O)CCC. The fourth-order valence-corrected chi connectivity index (χ4v) is 3.70. The van der Waals surface area contributed by atoms with Crippen LogP contribution in [-0.2, 0) is 11.3 Å². The topological polar surface area (TPSA) is 104 Å². The van der Waals surface area contributed by atoms with Crippen molar-refractivity contribution in [3.05, 3.63) is 55.8 Å². The molecule has 0 bridgehead atoms. The molecule has 0 N–H and O–H groups in total. The van der Waals surface area contributed by atoms with Crippen molar-refractivity contribution in [2.45, 2.75) is 80.7 Å². The number of nitro groups is 1. The Morgan fingerprint density at radius 2 is 1.76 bits per heavy atom. The van der Waals surface area contributed by atoms with Gasteiger partial charge in [0.15, 0.2) is 0 Å². The summed E-state index contributed by atoms with van der Waals surface area (Å²) in [5, 5.41) is 16.1. The van der Waals surface area contributed by atoms with Gasteiger partial charge in [0.2, 0.25) is 11.7 Å². The molecule has 0 atom stereocenters. The maximum absolute atomic E-state index is 13.7. The van der Waals surface area contributed by atoms with Gasteiger partial charge >= 0.3 is 5.97 Å². The molecule has 178 valence electrons. The van der Waals surface area contributed by atoms with Crippen LogP contribution < -0.4 is 4.74 Å². The Labute approximate surface area is 194 Å². The number of carbonyl (C=O) groups excluding carboxylic acids is 2. The van der Waals surface area contributed by atoms with E-state index >= 15 is 0 Å². The van der Waals surface area contributed by atoms with Crippen LogP contribution in [0.4, 0.5) is 5.69 Å². The highest BCUT2D eigenvalue weighted by atomic mass is 16.6. The fourth-order valence-electron chi connectivity index (χ4n) is 3.70. The quantitative estimate of drug-likeness (QED) is 0.189. The van der Waals surface area contributed by atoms with E-state index in [1.54, 1.807) is 18.5 Å². The third-order valence-corrected chi connectivity index (χ3v) is 5.71. The number of ketones is 1. The largest absolute Gasteiger partial charge is 0.407 e. The summed E-state index contributed by atoms with van der Waals surface area (Å²) in [5.74, 6) is -0.655. The zero-order valence-corrected chi connectivity index (χ0v) is 20.6. The minimum absolute atomic E-state index is 0.0484. The summed E-state index contributed by atoms with van der Waals surface area (Å²) in [6.45, 7) is 13.4. The van der Waals surface area contributed by atoms with Crippen molar-refractivity contribution in [3.63, 3.8) is 0 Å². The van der Waals surface area contributed by atoms with E-state index in [1.807, 2.05) is 34.6 Å². The van der Waals surface area contributed by atoms with Gasteiger partial charge in [-0.15, -0.1) is 0 Å². The van der Waals surface area contributed by atoms with Gasteiger partial charge in [-0.3, -0.25) is 19.7 Å². The van der Waals surface area contributed by atoms with Crippen LogP contribution in [-0.4, -0.2) is 26.5 Å². The second-order valence-electron chi connectivity index (χ2n) is 8.41. The first-order valence-electron chi connectivity index (χ1n) is 11.3. The summed E-state index contributed by atoms with van der Waals surface area (Å²) >= 11 is 0. The smallest absolute Gasteiger partial charge is 0.312 e. The van der Waals surface area contributed by atoms with Gasteiger partial charge in [0.1, 0.15) is 5.56 Å². The number of carbonyl (C=O) groups is 2. The molecule has 2 rings (SSSR count). The summed E-state index contributed by atoms with van der Waals surface area (Å²) in [5.41, 5.74) is 3.56. The molecule has 1 aromatic heterocycles. The van der Waals surface area contributed by atoms with Gasteiger partial charge in [-0.2, -0.15) is 5.10 Å². The number of aromatic nitrogens is 2. The number of hydrogen-bond acceptors (Lipinski definition) is 6. The summed E-state index contributed by atoms with van der Waals surface area (Å²) in [6, 6.07) is 2.83. The number of ether oxygens (including phenoxy) is 1. The maximum atomic E-state index is 13.7. The van der Waals surface area contributed by atoms with Crippen molar-refractivity contribution in [1.82, 2.24) is 9.78 Å². The molecule has 0 aliphatic heterocycles. The van der Waals surface area contributed by atoms with Crippen molar-refractivity contribution in [2.75, 3.05) is 0 Å². The van der Waals surface area contributed by atoms with Crippen LogP contribution in [0, 0.1) is 24.0 Å². The summed E-state index contributed by atoms with van der Waals surface area (Å²) < 4.78 is 7.19. The zero-order chi connectivity index (χ0) is 24.9. The number of allylic oxidation sites excluding steroid dienone is 2. The molecular weight excluding hydrogens is 422 g/mol. The molecule has 1 aromatic carbocycles. The Balaban J connectivity index is 2.71. The monoisotopic (exact) mass is 455 g/mol. The number of esters is 1. The molecule has 0 spiro atoms. The van der Waals surface area contributed by atoms with Crippen molar-refractivity contribution in [1.29, 1.82) is 0 Å². The van der Waals surface area contributed by atoms with Gasteiger partial charge in [-0.1, -0.05) is 25.8 Å². The number of unbranched alkanes of at least 4 members (excludes halogenated alkanes) is 1. The minimum Gasteiger partial charge on any atom is -0.407 e. The van der Waals surface area contributed by atoms with Gasteiger partial charge < -0.3 is 4.74 Å². The fraction of sp³-hybridized carbons (Fsp3) is 0.480. The van der Waals surface area contributed by atoms with Gasteiger partial charge in [-0.05, 0) is 64.7 Å². The van der Waals surface area contributed by atoms with Gasteiger partial charge in [0.25, 0.3) is 5.69 Å². The molecule has 8 heteroatoms. The van der Waals surface area contributed by atoms with Gasteiger partial charge in [-0.25, -0.2) is 4.68 Å². The predicted molar refractivity (Wildman–Crippen MR) is 128 cm³/mol. The number of aryl methyl sites for hydroxylation is 2. The first-order valence-corrected chi connectivity index (χ1v) is 11.3. The summed E-state index contributed by atoms with van der Waals surface area (Å²) in [7, 11) is 0. The molecule has 33 heavy (non-hydrogen) atoms. The van der Waals surface area contributed by atoms with Crippen LogP contribution in [0.5, 0.6) is 5.88 Å². The third-order valence-electron chi connectivity index (χ3n) is 5.71. The number of nitro benzene ring substituents is 1. The Morgan fingerprint density at radius 1 is 1.09 bits per heavy atom. The number of hydrogen-bond donors (Lipinski definition) is 0. The summed E-state index contributed by atoms with van der Waals surface area (Å²) in [6.07, 6.45) is 2.58. The molecular formula is C25H33N3O5. The zero-order valence-electron chi connectivity index (χ0n) is 20.6. The molecule has 1 heterocycles. The average molecular weight is 456 g/mol. The lowest BCUT2D eigenvalue weighted by molar-refractivity contribution is -0.385. The molecule has 0 aliphatic carbocycles. The van der Waals surface area contributed by atoms with Gasteiger partial charge in [0, 0.05) is 24.6 Å². The van der Waals surface area contributed by atoms with E-state index in [2.05, 4.69) is 5.10 Å². The normalized spacial score (nSPS) is 10.8. The highest BCUT2D eigenvalue weighted by Crippen LogP contribution is 2.35. The van der Waals surface area contributed by atoms with Crippen LogP contribution in [0.15, 0.2) is 17.7 Å². The van der Waals surface area contributed by atoms with Crippen molar-refractivity contribution >= 4 is 23.0 Å². The Kier molecular flexibility index (Phi) is 8.68. The molecule has 8 nitrogen and oxygen atoms in total. The lowest BCUT2D eigenvalue weighted by atomic mass is 9.90. The first-order chi connectivity index (χ1) is 15.5. The predicted octanol–water partition coefficient (Wildman–Crippen LogP) is 5.96. The molecule has 0 saturated carbocycles. The highest BCUT2D eigenvalue weighted by molar-refractivity contribution is 6.13. The highest BCUT2D eigenvalue weighted by Gasteiger charge is 2.29. The van der Waals surface area contributed by atoms with Crippen LogP contribution in [0.25, 0.3) is 5.57 Å². The third kappa shape index (κ3) is 5.56. The van der Waals surface area contributed by atoms with Crippen molar-refractivity contribution in [2.24, 2.45) is 0 Å². The van der Waals surface area contributed by atoms with Crippen LogP contribution in [0.3, 0.4) is 0 Å². The standard InChI is InChI=1S/C25H33N3O5/c1-8-10-14-27-25(33-21(29)11-9-2)23(18(7)26-27)24(30)19-12-13-20(28(31)32)22(17(19)6)16(5)15(3)4/h12-13H,8-11,14H2,1-7H3. The maximum Gasteiger partial charge on any atom is 0.312 e. The van der Waals surface area contributed by atoms with Gasteiger partial charge in [0.05, 0.1) is 16.2 Å². The van der Waals surface area contributed by atoms with E-state index in [0.29, 0.717) is 35.3 Å². The molecule has 0 unspecified atom stereocenters. The number of benzene rings is 1. The number of nitrogens with zero attached hydrogens (tertiary/aromatic N) is 3. The van der Waals surface area contributed by atoms with E-state index in [1.165, 1.54) is 12.1 Å². The lowest BCUT2D eigenvalue weighted by Gasteiger charge is -2.14. The van der Waals surface area contributed by atoms with Crippen LogP contribution in [0.2, 0.25) is 0 Å². The molecule has 0 radical (unpaired) electrons. The second-order valence-corrected chi connectivity index (χ2v) is 8.41. The van der Waals surface area contributed by atoms with E-state index in [4.69, 9.17) is 4.74 Å². The molecule has 0 aliphatic rings. The number of rotatable bonds is 10. The van der Waals surface area contributed by atoms with Crippen molar-refractivity contribution in [3.8, 4) is 5.88 Å². The summed E-state index contributed by atoms with van der Waals surface area (Å²) in [4.78, 5) is 37.3. The molecule has 0 fully saturated rings. The Morgan fingerprint density at radius 3 is 2.30 bits per heavy atom. The van der Waals surface area contributed by atoms with E-state index in [0.717, 1.165) is 24.0 Å². The van der Waals surface area contributed by atoms with Crippen LogP contribution >= 0.6 is 0 Å². The Hall–Kier alpha value is -3.29. The lowest BCUT2D eigenvalue weighted by Crippen LogP contribution is -2.15. The first kappa shape index (κ1) is 26.0. The molecule has 2 aromatic rings. The van der Waals surface area contributed by atoms with E-state index in [9.17, 15) is 19.7 Å². The average Bonchev–Trinajstić information content (AvgIpc) is 3.05. The van der Waals surface area contributed by atoms with Crippen molar-refractivity contribution < 1.29 is 19.2 Å². The second kappa shape index (κ2) is 11.0. The molecule has 0 saturated heterocycles. The molecule has 0 amide bonds. The van der Waals surface area contributed by atoms with E-state index in [-0.39, 0.29) is 29.3 Å². The Bertz CT molecular complexity index is 1110. The minimum atomic E-state index is -0.436. The van der Waals surface area contributed by atoms with Crippen LogP contribution in [0.1, 0.15) is 93.0 Å².